The maximum Gasteiger partial charge on any atom is 0.330 e. The van der Waals surface area contributed by atoms with Crippen LogP contribution in [0.15, 0.2) is 54.9 Å². The van der Waals surface area contributed by atoms with Crippen molar-refractivity contribution in [3.63, 3.8) is 0 Å². The highest BCUT2D eigenvalue weighted by Crippen LogP contribution is 2.45. The molecule has 3 aromatic rings. The number of aliphatic carboxylic acids is 1. The Labute approximate surface area is 243 Å². The van der Waals surface area contributed by atoms with E-state index in [9.17, 15) is 19.5 Å². The van der Waals surface area contributed by atoms with Gasteiger partial charge in [-0.05, 0) is 61.4 Å². The summed E-state index contributed by atoms with van der Waals surface area (Å²) in [6.07, 6.45) is 12.2. The van der Waals surface area contributed by atoms with Crippen molar-refractivity contribution < 1.29 is 29.0 Å². The molecule has 11 heteroatoms. The summed E-state index contributed by atoms with van der Waals surface area (Å²) in [5.74, 6) is -0.321. The van der Waals surface area contributed by atoms with Gasteiger partial charge in [-0.3, -0.25) is 9.59 Å². The standard InChI is InChI=1S/C31H35N5O6/c1-41-22-11-12-24-20(15-22)16-26(36-14-8-13-32-36)33-29(24)42-23-17-25-28(38)34-31(30(39)40)18-21(31)9-6-4-2-3-5-7-10-27(37)35(25)19-23/h6,8-9,11-16,21,23,25H,2-5,7,10,17-19H2,1H3,(H,34,38)(H,39,40). The number of pyridine rings is 1. The molecule has 1 aliphatic carbocycles. The van der Waals surface area contributed by atoms with E-state index in [-0.39, 0.29) is 24.8 Å². The summed E-state index contributed by atoms with van der Waals surface area (Å²) in [6, 6.07) is 8.43. The van der Waals surface area contributed by atoms with Crippen molar-refractivity contribution in [2.45, 2.75) is 69.1 Å². The van der Waals surface area contributed by atoms with Gasteiger partial charge in [-0.2, -0.15) is 10.1 Å². The summed E-state index contributed by atoms with van der Waals surface area (Å²) >= 11 is 0. The maximum atomic E-state index is 13.6. The zero-order chi connectivity index (χ0) is 29.3. The van der Waals surface area contributed by atoms with Gasteiger partial charge in [0.2, 0.25) is 17.7 Å². The molecule has 4 unspecified atom stereocenters. The minimum absolute atomic E-state index is 0.126. The molecule has 4 atom stereocenters. The van der Waals surface area contributed by atoms with Crippen LogP contribution >= 0.6 is 0 Å². The lowest BCUT2D eigenvalue weighted by molar-refractivity contribution is -0.145. The Morgan fingerprint density at radius 1 is 1.17 bits per heavy atom. The van der Waals surface area contributed by atoms with Gasteiger partial charge < -0.3 is 24.8 Å². The largest absolute Gasteiger partial charge is 0.497 e. The summed E-state index contributed by atoms with van der Waals surface area (Å²) in [6.45, 7) is 0.200. The number of hydrogen-bond acceptors (Lipinski definition) is 7. The highest BCUT2D eigenvalue weighted by atomic mass is 16.5. The molecule has 1 aromatic carbocycles. The van der Waals surface area contributed by atoms with Crippen LogP contribution in [-0.4, -0.2) is 73.9 Å². The molecular formula is C31H35N5O6. The van der Waals surface area contributed by atoms with Gasteiger partial charge in [0.15, 0.2) is 5.82 Å². The van der Waals surface area contributed by atoms with Crippen LogP contribution < -0.4 is 14.8 Å². The number of hydrogen-bond donors (Lipinski definition) is 2. The number of carboxylic acid groups (broad SMARTS) is 1. The molecule has 4 heterocycles. The van der Waals surface area contributed by atoms with E-state index in [1.54, 1.807) is 35.2 Å². The Bertz CT molecular complexity index is 1520. The van der Waals surface area contributed by atoms with Gasteiger partial charge in [0, 0.05) is 36.5 Å². The number of fused-ring (bicyclic) bond motifs is 3. The minimum atomic E-state index is -1.34. The van der Waals surface area contributed by atoms with Gasteiger partial charge in [0.1, 0.15) is 23.4 Å². The SMILES string of the molecule is COc1ccc2c(OC3CC4C(=O)NC5(C(=O)O)CC5C=CCCCCCCC(=O)N4C3)nc(-n3cccn3)cc2c1. The second-order valence-electron chi connectivity index (χ2n) is 11.3. The molecule has 11 nitrogen and oxygen atoms in total. The van der Waals surface area contributed by atoms with Crippen LogP contribution in [0.2, 0.25) is 0 Å². The third-order valence-electron chi connectivity index (χ3n) is 8.52. The van der Waals surface area contributed by atoms with E-state index in [1.807, 2.05) is 36.4 Å². The topological polar surface area (TPSA) is 136 Å². The maximum absolute atomic E-state index is 13.6. The van der Waals surface area contributed by atoms with E-state index in [2.05, 4.69) is 10.4 Å². The number of amides is 2. The van der Waals surface area contributed by atoms with Crippen LogP contribution in [0.5, 0.6) is 11.6 Å². The molecule has 0 radical (unpaired) electrons. The Morgan fingerprint density at radius 2 is 2.02 bits per heavy atom. The third kappa shape index (κ3) is 5.43. The number of methoxy groups -OCH3 is 1. The smallest absolute Gasteiger partial charge is 0.330 e. The Morgan fingerprint density at radius 3 is 2.81 bits per heavy atom. The van der Waals surface area contributed by atoms with Crippen LogP contribution in [0.4, 0.5) is 0 Å². The van der Waals surface area contributed by atoms with Crippen LogP contribution in [0.3, 0.4) is 0 Å². The average molecular weight is 574 g/mol. The minimum Gasteiger partial charge on any atom is -0.497 e. The Balaban J connectivity index is 1.29. The first-order valence-corrected chi connectivity index (χ1v) is 14.5. The highest BCUT2D eigenvalue weighted by Gasteiger charge is 2.61. The molecule has 2 aliphatic heterocycles. The molecule has 2 aromatic heterocycles. The van der Waals surface area contributed by atoms with Gasteiger partial charge in [-0.1, -0.05) is 25.0 Å². The first-order chi connectivity index (χ1) is 20.4. The van der Waals surface area contributed by atoms with Crippen LogP contribution in [0.25, 0.3) is 16.6 Å². The van der Waals surface area contributed by atoms with Crippen molar-refractivity contribution in [1.82, 2.24) is 25.0 Å². The van der Waals surface area contributed by atoms with Gasteiger partial charge in [-0.25, -0.2) is 9.48 Å². The Kier molecular flexibility index (Phi) is 7.57. The second-order valence-corrected chi connectivity index (χ2v) is 11.3. The Hall–Kier alpha value is -4.41. The first kappa shape index (κ1) is 27.7. The fourth-order valence-electron chi connectivity index (χ4n) is 6.06. The van der Waals surface area contributed by atoms with Crippen molar-refractivity contribution in [3.8, 4) is 17.4 Å². The lowest BCUT2D eigenvalue weighted by Crippen LogP contribution is -2.53. The van der Waals surface area contributed by atoms with Crippen LogP contribution in [0, 0.1) is 5.92 Å². The van der Waals surface area contributed by atoms with Crippen LogP contribution in [-0.2, 0) is 14.4 Å². The highest BCUT2D eigenvalue weighted by molar-refractivity contribution is 5.95. The predicted molar refractivity (Wildman–Crippen MR) is 153 cm³/mol. The second kappa shape index (κ2) is 11.5. The van der Waals surface area contributed by atoms with E-state index in [0.29, 0.717) is 30.3 Å². The summed E-state index contributed by atoms with van der Waals surface area (Å²) in [5, 5.41) is 18.7. The molecule has 3 aliphatic rings. The van der Waals surface area contributed by atoms with Gasteiger partial charge in [0.05, 0.1) is 13.7 Å². The lowest BCUT2D eigenvalue weighted by atomic mass is 10.1. The summed E-state index contributed by atoms with van der Waals surface area (Å²) in [5.41, 5.74) is -1.34. The predicted octanol–water partition coefficient (Wildman–Crippen LogP) is 3.65. The lowest BCUT2D eigenvalue weighted by Gasteiger charge is -2.25. The molecule has 1 saturated heterocycles. The van der Waals surface area contributed by atoms with Crippen LogP contribution in [0.1, 0.15) is 51.4 Å². The van der Waals surface area contributed by atoms with E-state index in [0.717, 1.165) is 42.9 Å². The summed E-state index contributed by atoms with van der Waals surface area (Å²) in [7, 11) is 1.60. The molecule has 42 heavy (non-hydrogen) atoms. The number of benzene rings is 1. The number of ether oxygens (including phenoxy) is 2. The number of nitrogens with one attached hydrogen (secondary N) is 1. The third-order valence-corrected chi connectivity index (χ3v) is 8.52. The normalized spacial score (nSPS) is 26.5. The zero-order valence-corrected chi connectivity index (χ0v) is 23.6. The first-order valence-electron chi connectivity index (χ1n) is 14.5. The molecule has 2 fully saturated rings. The summed E-state index contributed by atoms with van der Waals surface area (Å²) in [4.78, 5) is 45.6. The zero-order valence-electron chi connectivity index (χ0n) is 23.6. The van der Waals surface area contributed by atoms with E-state index in [1.165, 1.54) is 0 Å². The van der Waals surface area contributed by atoms with E-state index >= 15 is 0 Å². The average Bonchev–Trinajstić information content (AvgIpc) is 3.31. The van der Waals surface area contributed by atoms with E-state index in [4.69, 9.17) is 14.5 Å². The monoisotopic (exact) mass is 573 g/mol. The van der Waals surface area contributed by atoms with Crippen molar-refractivity contribution in [1.29, 1.82) is 0 Å². The number of carbonyl (C=O) groups excluding carboxylic acids is 2. The fourth-order valence-corrected chi connectivity index (χ4v) is 6.06. The number of carboxylic acids is 1. The number of aromatic nitrogens is 3. The van der Waals surface area contributed by atoms with Crippen molar-refractivity contribution in [2.75, 3.05) is 13.7 Å². The summed E-state index contributed by atoms with van der Waals surface area (Å²) < 4.78 is 13.5. The van der Waals surface area contributed by atoms with Crippen molar-refractivity contribution >= 4 is 28.6 Å². The molecule has 2 N–H and O–H groups in total. The number of allylic oxidation sites excluding steroid dienone is 1. The molecule has 6 rings (SSSR count). The molecule has 0 bridgehead atoms. The molecule has 1 saturated carbocycles. The van der Waals surface area contributed by atoms with Crippen molar-refractivity contribution in [3.05, 3.63) is 54.9 Å². The van der Waals surface area contributed by atoms with Crippen molar-refractivity contribution in [2.24, 2.45) is 5.92 Å². The quantitative estimate of drug-likeness (QED) is 0.442. The molecule has 220 valence electrons. The molecular weight excluding hydrogens is 538 g/mol. The van der Waals surface area contributed by atoms with Gasteiger partial charge in [-0.15, -0.1) is 0 Å². The van der Waals surface area contributed by atoms with Gasteiger partial charge >= 0.3 is 5.97 Å². The molecule has 2 amide bonds. The number of rotatable bonds is 5. The number of nitrogens with zero attached hydrogens (tertiary/aromatic N) is 4. The fraction of sp³-hybridized carbons (Fsp3) is 0.452. The van der Waals surface area contributed by atoms with Gasteiger partial charge in [0.25, 0.3) is 0 Å². The molecule has 0 spiro atoms. The van der Waals surface area contributed by atoms with E-state index < -0.39 is 29.6 Å². The number of carbonyl (C=O) groups is 3.